The number of nitrogens with one attached hydrogen (secondary N) is 1. The number of nitro groups is 1. The van der Waals surface area contributed by atoms with E-state index in [0.717, 1.165) is 0 Å². The molecule has 2 rings (SSSR count). The quantitative estimate of drug-likeness (QED) is 0.115. The first-order valence-electron chi connectivity index (χ1n) is 11.7. The summed E-state index contributed by atoms with van der Waals surface area (Å²) in [7, 11) is 2.58. The zero-order chi connectivity index (χ0) is 27.6. The average molecular weight is 542 g/mol. The second kappa shape index (κ2) is 14.4. The highest BCUT2D eigenvalue weighted by atomic mass is 31.2. The van der Waals surface area contributed by atoms with Crippen molar-refractivity contribution >= 4 is 19.3 Å². The summed E-state index contributed by atoms with van der Waals surface area (Å²) >= 11 is 0. The van der Waals surface area contributed by atoms with Crippen molar-refractivity contribution in [2.24, 2.45) is 0 Å². The molecule has 0 amide bonds. The van der Waals surface area contributed by atoms with Gasteiger partial charge in [-0.15, -0.1) is 0 Å². The second-order valence-electron chi connectivity index (χ2n) is 8.55. The van der Waals surface area contributed by atoms with E-state index < -0.39 is 24.4 Å². The maximum Gasteiger partial charge on any atom is 0.360 e. The van der Waals surface area contributed by atoms with Crippen LogP contribution in [0.2, 0.25) is 0 Å². The summed E-state index contributed by atoms with van der Waals surface area (Å²) < 4.78 is 41.5. The van der Waals surface area contributed by atoms with Crippen LogP contribution in [0.25, 0.3) is 0 Å². The van der Waals surface area contributed by atoms with E-state index in [2.05, 4.69) is 5.32 Å². The Morgan fingerprint density at radius 1 is 1.05 bits per heavy atom. The minimum absolute atomic E-state index is 0.0511. The number of rotatable bonds is 15. The predicted octanol–water partition coefficient (Wildman–Crippen LogP) is 3.41. The van der Waals surface area contributed by atoms with Crippen molar-refractivity contribution in [1.29, 1.82) is 0 Å². The fourth-order valence-corrected chi connectivity index (χ4v) is 5.86. The van der Waals surface area contributed by atoms with Crippen LogP contribution in [0.4, 0.5) is 5.69 Å². The summed E-state index contributed by atoms with van der Waals surface area (Å²) in [6.07, 6.45) is 0. The van der Waals surface area contributed by atoms with Gasteiger partial charge in [0.25, 0.3) is 5.69 Å². The molecule has 1 aliphatic heterocycles. The molecular formula is C24H36N3O9P. The lowest BCUT2D eigenvalue weighted by molar-refractivity contribution is -0.384. The second-order valence-corrected chi connectivity index (χ2v) is 10.5. The van der Waals surface area contributed by atoms with Gasteiger partial charge < -0.3 is 33.5 Å². The number of carbonyl (C=O) groups is 1. The van der Waals surface area contributed by atoms with Gasteiger partial charge in [0, 0.05) is 44.3 Å². The third kappa shape index (κ3) is 8.19. The topological polar surface area (TPSA) is 139 Å². The third-order valence-corrected chi connectivity index (χ3v) is 7.75. The molecule has 1 heterocycles. The Morgan fingerprint density at radius 2 is 1.68 bits per heavy atom. The molecule has 12 nitrogen and oxygen atoms in total. The van der Waals surface area contributed by atoms with Crippen molar-refractivity contribution in [3.8, 4) is 0 Å². The van der Waals surface area contributed by atoms with Gasteiger partial charge in [-0.25, -0.2) is 4.79 Å². The summed E-state index contributed by atoms with van der Waals surface area (Å²) in [6.45, 7) is 4.18. The number of hydrogen-bond donors (Lipinski definition) is 1. The van der Waals surface area contributed by atoms with Crippen molar-refractivity contribution in [2.45, 2.75) is 19.8 Å². The zero-order valence-corrected chi connectivity index (χ0v) is 23.0. The number of hydrogen-bond acceptors (Lipinski definition) is 11. The molecule has 13 heteroatoms. The summed E-state index contributed by atoms with van der Waals surface area (Å²) in [5.74, 6) is -1.64. The van der Waals surface area contributed by atoms with E-state index in [1.54, 1.807) is 19.9 Å². The Hall–Kier alpha value is -2.60. The van der Waals surface area contributed by atoms with Crippen LogP contribution < -0.4 is 5.32 Å². The first kappa shape index (κ1) is 30.6. The van der Waals surface area contributed by atoms with Crippen LogP contribution in [0, 0.1) is 10.1 Å². The van der Waals surface area contributed by atoms with Gasteiger partial charge in [-0.2, -0.15) is 0 Å². The number of nitrogens with zero attached hydrogens (tertiary/aromatic N) is 2. The number of non-ortho nitro benzene ring substituents is 1. The highest BCUT2D eigenvalue weighted by molar-refractivity contribution is 7.58. The normalized spacial score (nSPS) is 16.2. The predicted molar refractivity (Wildman–Crippen MR) is 137 cm³/mol. The molecule has 1 unspecified atom stereocenters. The highest BCUT2D eigenvalue weighted by Crippen LogP contribution is 2.64. The molecule has 0 fully saturated rings. The molecule has 0 radical (unpaired) electrons. The molecular weight excluding hydrogens is 505 g/mol. The van der Waals surface area contributed by atoms with E-state index in [0.29, 0.717) is 23.5 Å². The molecule has 1 N–H and O–H groups in total. The smallest absolute Gasteiger partial charge is 0.360 e. The molecule has 37 heavy (non-hydrogen) atoms. The molecule has 1 aromatic rings. The van der Waals surface area contributed by atoms with Crippen LogP contribution >= 0.6 is 7.60 Å². The van der Waals surface area contributed by atoms with Crippen molar-refractivity contribution in [2.75, 3.05) is 67.9 Å². The molecule has 1 atom stereocenters. The molecule has 0 saturated heterocycles. The van der Waals surface area contributed by atoms with Crippen LogP contribution in [0.1, 0.15) is 25.3 Å². The molecule has 0 spiro atoms. The first-order valence-corrected chi connectivity index (χ1v) is 13.2. The van der Waals surface area contributed by atoms with Gasteiger partial charge in [0.15, 0.2) is 0 Å². The lowest BCUT2D eigenvalue weighted by Gasteiger charge is -2.34. The molecule has 0 aliphatic carbocycles. The highest BCUT2D eigenvalue weighted by Gasteiger charge is 2.45. The number of ether oxygens (including phenoxy) is 3. The Morgan fingerprint density at radius 3 is 2.22 bits per heavy atom. The van der Waals surface area contributed by atoms with Crippen LogP contribution in [-0.2, 0) is 32.6 Å². The van der Waals surface area contributed by atoms with Crippen molar-refractivity contribution < 1.29 is 37.5 Å². The summed E-state index contributed by atoms with van der Waals surface area (Å²) in [4.78, 5) is 26.3. The van der Waals surface area contributed by atoms with Gasteiger partial charge in [0.1, 0.15) is 6.61 Å². The lowest BCUT2D eigenvalue weighted by Crippen LogP contribution is -2.31. The lowest BCUT2D eigenvalue weighted by atomic mass is 9.86. The number of dihydropyridines is 1. The largest absolute Gasteiger partial charge is 0.461 e. The average Bonchev–Trinajstić information content (AvgIpc) is 2.83. The van der Waals surface area contributed by atoms with Gasteiger partial charge in [-0.3, -0.25) is 14.7 Å². The van der Waals surface area contributed by atoms with E-state index in [1.165, 1.54) is 32.4 Å². The number of nitro benzene ring substituents is 1. The third-order valence-electron chi connectivity index (χ3n) is 5.52. The van der Waals surface area contributed by atoms with E-state index in [9.17, 15) is 19.5 Å². The van der Waals surface area contributed by atoms with Gasteiger partial charge in [0.2, 0.25) is 0 Å². The SMILES string of the molecule is COCCOP(=O)(OCCOC)C1=C(C)NC(C)=C(C(=O)OCCN(C)C)C1c1cccc([N+](=O)[O-])c1. The number of likely N-dealkylation sites (N-methyl/N-ethyl adjacent to an activating group) is 1. The van der Waals surface area contributed by atoms with Crippen molar-refractivity contribution in [1.82, 2.24) is 10.2 Å². The van der Waals surface area contributed by atoms with Crippen molar-refractivity contribution in [3.05, 3.63) is 62.2 Å². The van der Waals surface area contributed by atoms with Gasteiger partial charge in [-0.05, 0) is 33.5 Å². The maximum atomic E-state index is 14.3. The van der Waals surface area contributed by atoms with E-state index in [1.807, 2.05) is 19.0 Å². The molecule has 0 bridgehead atoms. The molecule has 1 aliphatic rings. The Labute approximate surface area is 217 Å². The van der Waals surface area contributed by atoms with E-state index in [-0.39, 0.29) is 49.6 Å². The standard InChI is InChI=1S/C24H36N3O9P/c1-17-21(24(28)34-11-10-26(3)4)22(19-8-7-9-20(16-19)27(29)30)23(18(2)25-17)37(31,35-14-12-32-5)36-15-13-33-6/h7-9,16,22,25H,10-15H2,1-6H3. The molecule has 0 saturated carbocycles. The molecule has 206 valence electrons. The number of methoxy groups -OCH3 is 2. The maximum absolute atomic E-state index is 14.3. The van der Waals surface area contributed by atoms with Crippen LogP contribution in [0.15, 0.2) is 46.5 Å². The van der Waals surface area contributed by atoms with Gasteiger partial charge in [0.05, 0.1) is 48.2 Å². The number of carbonyl (C=O) groups excluding carboxylic acids is 1. The van der Waals surface area contributed by atoms with E-state index in [4.69, 9.17) is 23.3 Å². The zero-order valence-electron chi connectivity index (χ0n) is 22.1. The monoisotopic (exact) mass is 541 g/mol. The van der Waals surface area contributed by atoms with Crippen LogP contribution in [0.3, 0.4) is 0 Å². The molecule has 1 aromatic carbocycles. The Bertz CT molecular complexity index is 1060. The molecule has 0 aromatic heterocycles. The fourth-order valence-electron chi connectivity index (χ4n) is 3.82. The first-order chi connectivity index (χ1) is 17.6. The summed E-state index contributed by atoms with van der Waals surface area (Å²) in [6, 6.07) is 5.83. The van der Waals surface area contributed by atoms with Gasteiger partial charge >= 0.3 is 13.6 Å². The number of benzene rings is 1. The Balaban J connectivity index is 2.67. The minimum atomic E-state index is -4.08. The number of esters is 1. The van der Waals surface area contributed by atoms with Gasteiger partial charge in [-0.1, -0.05) is 12.1 Å². The fraction of sp³-hybridized carbons (Fsp3) is 0.542. The van der Waals surface area contributed by atoms with Crippen LogP contribution in [0.5, 0.6) is 0 Å². The summed E-state index contributed by atoms with van der Waals surface area (Å²) in [5, 5.41) is 14.8. The van der Waals surface area contributed by atoms with Crippen molar-refractivity contribution in [3.63, 3.8) is 0 Å². The summed E-state index contributed by atoms with van der Waals surface area (Å²) in [5.41, 5.74) is 1.26. The number of allylic oxidation sites excluding steroid dienone is 3. The minimum Gasteiger partial charge on any atom is -0.461 e. The van der Waals surface area contributed by atoms with Crippen LogP contribution in [-0.4, -0.2) is 83.7 Å². The van der Waals surface area contributed by atoms with E-state index >= 15 is 0 Å². The Kier molecular flexibility index (Phi) is 11.9.